The molecule has 5 nitrogen and oxygen atoms in total. The maximum absolute atomic E-state index is 12.4. The molecule has 2 heterocycles. The molecule has 5 heteroatoms. The molecule has 2 aromatic carbocycles. The van der Waals surface area contributed by atoms with Crippen molar-refractivity contribution in [2.45, 2.75) is 19.5 Å². The molecule has 1 atom stereocenters. The smallest absolute Gasteiger partial charge is 0.275 e. The van der Waals surface area contributed by atoms with Gasteiger partial charge >= 0.3 is 0 Å². The fourth-order valence-electron chi connectivity index (χ4n) is 4.25. The van der Waals surface area contributed by atoms with Crippen LogP contribution >= 0.6 is 0 Å². The van der Waals surface area contributed by atoms with Crippen LogP contribution in [0.1, 0.15) is 23.1 Å². The lowest BCUT2D eigenvalue weighted by Crippen LogP contribution is -3.13. The molecule has 4 rings (SSSR count). The maximum atomic E-state index is 12.4. The summed E-state index contributed by atoms with van der Waals surface area (Å²) in [5.41, 5.74) is 5.21. The van der Waals surface area contributed by atoms with Gasteiger partial charge in [-0.1, -0.05) is 54.6 Å². The molecule has 1 fully saturated rings. The lowest BCUT2D eigenvalue weighted by atomic mass is 10.00. The molecule has 1 amide bonds. The number of amides is 1. The summed E-state index contributed by atoms with van der Waals surface area (Å²) in [6.07, 6.45) is 3.32. The first-order valence-corrected chi connectivity index (χ1v) is 11.1. The summed E-state index contributed by atoms with van der Waals surface area (Å²) in [6.45, 7) is 8.00. The third-order valence-corrected chi connectivity index (χ3v) is 6.11. The van der Waals surface area contributed by atoms with Gasteiger partial charge in [0.25, 0.3) is 5.91 Å². The average Bonchev–Trinajstić information content (AvgIpc) is 2.80. The number of benzene rings is 2. The van der Waals surface area contributed by atoms with Crippen LogP contribution in [0.5, 0.6) is 0 Å². The summed E-state index contributed by atoms with van der Waals surface area (Å²) in [5, 5.41) is 3.09. The van der Waals surface area contributed by atoms with Crippen molar-refractivity contribution in [2.24, 2.45) is 0 Å². The van der Waals surface area contributed by atoms with E-state index in [2.05, 4.69) is 59.9 Å². The van der Waals surface area contributed by atoms with Gasteiger partial charge in [0.05, 0.1) is 26.3 Å². The number of carbonyl (C=O) groups excluding carboxylic acids is 1. The minimum atomic E-state index is 0.128. The van der Waals surface area contributed by atoms with Crippen LogP contribution in [0.2, 0.25) is 0 Å². The Bertz CT molecular complexity index is 842. The first-order valence-electron chi connectivity index (χ1n) is 11.1. The van der Waals surface area contributed by atoms with Gasteiger partial charge in [-0.2, -0.15) is 0 Å². The molecule has 0 radical (unpaired) electrons. The normalized spacial score (nSPS) is 19.9. The van der Waals surface area contributed by atoms with Crippen LogP contribution in [0.3, 0.4) is 0 Å². The minimum absolute atomic E-state index is 0.128. The van der Waals surface area contributed by atoms with E-state index in [-0.39, 0.29) is 5.91 Å². The second-order valence-electron chi connectivity index (χ2n) is 8.36. The molecule has 3 N–H and O–H groups in total. The third-order valence-electron chi connectivity index (χ3n) is 6.11. The number of hydrogen-bond donors (Lipinski definition) is 3. The Hall–Kier alpha value is -2.47. The summed E-state index contributed by atoms with van der Waals surface area (Å²) in [6, 6.07) is 19.2. The van der Waals surface area contributed by atoms with Gasteiger partial charge in [-0.25, -0.2) is 0 Å². The van der Waals surface area contributed by atoms with Gasteiger partial charge in [0.1, 0.15) is 19.6 Å². The standard InChI is InChI=1S/C25H31N3O2/c29-25(20-27-12-10-24(11-13-27)23-4-2-1-3-5-23)26-18-21-6-8-22(9-7-21)19-28-14-16-30-17-15-28/h1-10H,11-20H2,(H,26,29)/p+2. The topological polar surface area (TPSA) is 47.2 Å². The second-order valence-corrected chi connectivity index (χ2v) is 8.36. The summed E-state index contributed by atoms with van der Waals surface area (Å²) >= 11 is 0. The highest BCUT2D eigenvalue weighted by Gasteiger charge is 2.19. The first-order chi connectivity index (χ1) is 14.8. The number of quaternary nitrogens is 2. The zero-order valence-electron chi connectivity index (χ0n) is 17.7. The number of nitrogens with one attached hydrogen (secondary N) is 3. The average molecular weight is 408 g/mol. The summed E-state index contributed by atoms with van der Waals surface area (Å²) in [7, 11) is 0. The van der Waals surface area contributed by atoms with Crippen molar-refractivity contribution in [2.75, 3.05) is 45.9 Å². The first kappa shape index (κ1) is 20.8. The molecule has 2 aromatic rings. The second kappa shape index (κ2) is 10.5. The third kappa shape index (κ3) is 6.02. The maximum Gasteiger partial charge on any atom is 0.275 e. The van der Waals surface area contributed by atoms with Gasteiger partial charge in [0.15, 0.2) is 6.54 Å². The van der Waals surface area contributed by atoms with Gasteiger partial charge in [-0.3, -0.25) is 4.79 Å². The van der Waals surface area contributed by atoms with Gasteiger partial charge in [0.2, 0.25) is 0 Å². The predicted octanol–water partition coefficient (Wildman–Crippen LogP) is 0.0901. The van der Waals surface area contributed by atoms with Crippen LogP contribution in [0, 0.1) is 0 Å². The highest BCUT2D eigenvalue weighted by atomic mass is 16.5. The largest absolute Gasteiger partial charge is 0.370 e. The number of hydrogen-bond acceptors (Lipinski definition) is 2. The van der Waals surface area contributed by atoms with Gasteiger partial charge in [-0.05, 0) is 22.8 Å². The van der Waals surface area contributed by atoms with Gasteiger partial charge < -0.3 is 19.9 Å². The molecule has 1 saturated heterocycles. The number of carbonyl (C=O) groups is 1. The number of rotatable bonds is 7. The van der Waals surface area contributed by atoms with Crippen molar-refractivity contribution >= 4 is 11.5 Å². The Morgan fingerprint density at radius 3 is 2.33 bits per heavy atom. The molecule has 0 aliphatic carbocycles. The van der Waals surface area contributed by atoms with E-state index in [0.29, 0.717) is 13.1 Å². The van der Waals surface area contributed by atoms with E-state index in [1.165, 1.54) is 21.6 Å². The number of ether oxygens (including phenoxy) is 1. The van der Waals surface area contributed by atoms with Crippen LogP contribution in [0.15, 0.2) is 60.7 Å². The van der Waals surface area contributed by atoms with E-state index in [1.807, 2.05) is 6.07 Å². The molecule has 0 saturated carbocycles. The molecule has 0 bridgehead atoms. The Kier molecular flexibility index (Phi) is 7.29. The summed E-state index contributed by atoms with van der Waals surface area (Å²) in [4.78, 5) is 15.3. The molecule has 0 spiro atoms. The quantitative estimate of drug-likeness (QED) is 0.609. The van der Waals surface area contributed by atoms with E-state index in [1.54, 1.807) is 4.90 Å². The molecule has 2 aliphatic heterocycles. The lowest BCUT2D eigenvalue weighted by molar-refractivity contribution is -0.921. The minimum Gasteiger partial charge on any atom is -0.370 e. The van der Waals surface area contributed by atoms with Crippen LogP contribution in [-0.2, 0) is 22.6 Å². The van der Waals surface area contributed by atoms with Crippen molar-refractivity contribution in [1.29, 1.82) is 0 Å². The SMILES string of the molecule is O=C(C[NH+]1CC=C(c2ccccc2)CC1)NCc1ccc(C[NH+]2CCOCC2)cc1. The van der Waals surface area contributed by atoms with Crippen LogP contribution in [0.25, 0.3) is 5.57 Å². The Morgan fingerprint density at radius 2 is 1.63 bits per heavy atom. The van der Waals surface area contributed by atoms with Crippen molar-refractivity contribution in [1.82, 2.24) is 5.32 Å². The lowest BCUT2D eigenvalue weighted by Gasteiger charge is -2.24. The van der Waals surface area contributed by atoms with E-state index in [0.717, 1.165) is 57.9 Å². The van der Waals surface area contributed by atoms with E-state index >= 15 is 0 Å². The van der Waals surface area contributed by atoms with E-state index in [9.17, 15) is 4.79 Å². The van der Waals surface area contributed by atoms with Gasteiger partial charge in [-0.15, -0.1) is 0 Å². The molecule has 1 unspecified atom stereocenters. The van der Waals surface area contributed by atoms with E-state index in [4.69, 9.17) is 4.74 Å². The fraction of sp³-hybridized carbons (Fsp3) is 0.400. The van der Waals surface area contributed by atoms with Gasteiger partial charge in [0, 0.05) is 18.5 Å². The Morgan fingerprint density at radius 1 is 0.900 bits per heavy atom. The highest BCUT2D eigenvalue weighted by Crippen LogP contribution is 2.17. The molecular weight excluding hydrogens is 374 g/mol. The monoisotopic (exact) mass is 407 g/mol. The Labute approximate surface area is 179 Å². The Balaban J connectivity index is 1.19. The van der Waals surface area contributed by atoms with Crippen molar-refractivity contribution in [3.63, 3.8) is 0 Å². The zero-order chi connectivity index (χ0) is 20.6. The predicted molar refractivity (Wildman–Crippen MR) is 118 cm³/mol. The summed E-state index contributed by atoms with van der Waals surface area (Å²) < 4.78 is 5.42. The molecule has 0 aromatic heterocycles. The molecule has 2 aliphatic rings. The van der Waals surface area contributed by atoms with Crippen molar-refractivity contribution < 1.29 is 19.3 Å². The zero-order valence-corrected chi connectivity index (χ0v) is 17.7. The molecular formula is C25H33N3O2+2. The van der Waals surface area contributed by atoms with Crippen molar-refractivity contribution in [3.8, 4) is 0 Å². The van der Waals surface area contributed by atoms with Crippen LogP contribution < -0.4 is 15.1 Å². The summed E-state index contributed by atoms with van der Waals surface area (Å²) in [5.74, 6) is 0.128. The fourth-order valence-corrected chi connectivity index (χ4v) is 4.25. The van der Waals surface area contributed by atoms with Crippen LogP contribution in [0.4, 0.5) is 0 Å². The van der Waals surface area contributed by atoms with Crippen molar-refractivity contribution in [3.05, 3.63) is 77.4 Å². The molecule has 158 valence electrons. The number of morpholine rings is 1. The van der Waals surface area contributed by atoms with E-state index < -0.39 is 0 Å². The van der Waals surface area contributed by atoms with Crippen LogP contribution in [-0.4, -0.2) is 51.8 Å². The molecule has 30 heavy (non-hydrogen) atoms. The highest BCUT2D eigenvalue weighted by molar-refractivity contribution is 5.77.